The van der Waals surface area contributed by atoms with Crippen molar-refractivity contribution in [2.75, 3.05) is 12.4 Å². The van der Waals surface area contributed by atoms with Crippen LogP contribution in [0.3, 0.4) is 0 Å². The summed E-state index contributed by atoms with van der Waals surface area (Å²) in [5, 5.41) is 6.54. The minimum Gasteiger partial charge on any atom is -0.426 e. The number of carbonyl (C=O) groups is 1. The van der Waals surface area contributed by atoms with Crippen LogP contribution in [0.5, 0.6) is 11.8 Å². The molecule has 8 heteroatoms. The highest BCUT2D eigenvalue weighted by Gasteiger charge is 2.21. The fraction of sp³-hybridized carbons (Fsp3) is 0.208. The number of rotatable bonds is 6. The number of benzene rings is 2. The molecule has 2 aromatic carbocycles. The number of amides is 1. The van der Waals surface area contributed by atoms with Crippen LogP contribution in [0.2, 0.25) is 5.02 Å². The van der Waals surface area contributed by atoms with E-state index in [1.54, 1.807) is 6.07 Å². The Morgan fingerprint density at radius 3 is 2.38 bits per heavy atom. The van der Waals surface area contributed by atoms with Crippen LogP contribution in [0, 0.1) is 0 Å². The highest BCUT2D eigenvalue weighted by molar-refractivity contribution is 6.33. The van der Waals surface area contributed by atoms with Gasteiger partial charge in [-0.2, -0.15) is 4.98 Å². The Morgan fingerprint density at radius 1 is 1.06 bits per heavy atom. The molecule has 0 fully saturated rings. The van der Waals surface area contributed by atoms with E-state index in [-0.39, 0.29) is 5.91 Å². The molecule has 4 rings (SSSR count). The quantitative estimate of drug-likeness (QED) is 0.362. The van der Waals surface area contributed by atoms with Crippen molar-refractivity contribution >= 4 is 34.4 Å². The third-order valence-corrected chi connectivity index (χ3v) is 5.42. The van der Waals surface area contributed by atoms with Crippen LogP contribution in [0.4, 0.5) is 5.69 Å². The number of aromatic amines is 1. The highest BCUT2D eigenvalue weighted by atomic mass is 35.5. The number of aromatic nitrogens is 3. The van der Waals surface area contributed by atoms with Gasteiger partial charge in [0.1, 0.15) is 5.75 Å². The number of nitrogens with zero attached hydrogens (tertiary/aromatic N) is 2. The van der Waals surface area contributed by atoms with Crippen molar-refractivity contribution < 1.29 is 9.53 Å². The third-order valence-electron chi connectivity index (χ3n) is 5.13. The van der Waals surface area contributed by atoms with Gasteiger partial charge in [0, 0.05) is 25.2 Å². The second kappa shape index (κ2) is 8.51. The first-order valence-electron chi connectivity index (χ1n) is 10.2. The molecule has 0 aliphatic heterocycles. The molecule has 164 valence electrons. The van der Waals surface area contributed by atoms with Crippen molar-refractivity contribution in [1.29, 1.82) is 0 Å². The van der Waals surface area contributed by atoms with Crippen LogP contribution in [0.15, 0.2) is 54.6 Å². The van der Waals surface area contributed by atoms with Gasteiger partial charge >= 0.3 is 6.01 Å². The Morgan fingerprint density at radius 2 is 1.75 bits per heavy atom. The van der Waals surface area contributed by atoms with Crippen molar-refractivity contribution in [3.8, 4) is 23.0 Å². The van der Waals surface area contributed by atoms with Gasteiger partial charge in [-0.05, 0) is 49.7 Å². The van der Waals surface area contributed by atoms with Gasteiger partial charge in [-0.15, -0.1) is 0 Å². The van der Waals surface area contributed by atoms with Crippen LogP contribution in [-0.4, -0.2) is 27.9 Å². The molecule has 0 spiro atoms. The molecule has 0 unspecified atom stereocenters. The lowest BCUT2D eigenvalue weighted by Crippen LogP contribution is -2.39. The molecule has 0 bridgehead atoms. The average Bonchev–Trinajstić information content (AvgIpc) is 3.13. The second-order valence-corrected chi connectivity index (χ2v) is 8.40. The predicted molar refractivity (Wildman–Crippen MR) is 127 cm³/mol. The van der Waals surface area contributed by atoms with E-state index in [0.29, 0.717) is 33.6 Å². The van der Waals surface area contributed by atoms with Crippen molar-refractivity contribution in [2.45, 2.75) is 26.3 Å². The van der Waals surface area contributed by atoms with E-state index in [9.17, 15) is 4.79 Å². The van der Waals surface area contributed by atoms with E-state index in [2.05, 4.69) is 25.6 Å². The van der Waals surface area contributed by atoms with Gasteiger partial charge in [0.15, 0.2) is 5.65 Å². The lowest BCUT2D eigenvalue weighted by molar-refractivity contribution is -0.120. The maximum absolute atomic E-state index is 11.4. The number of carbonyl (C=O) groups excluding carboxylic acids is 1. The molecule has 2 heterocycles. The molecule has 0 aliphatic carbocycles. The molecule has 4 aromatic rings. The van der Waals surface area contributed by atoms with Gasteiger partial charge in [0.05, 0.1) is 21.8 Å². The van der Waals surface area contributed by atoms with E-state index in [1.165, 1.54) is 6.92 Å². The van der Waals surface area contributed by atoms with Gasteiger partial charge in [-0.25, -0.2) is 4.98 Å². The summed E-state index contributed by atoms with van der Waals surface area (Å²) >= 11 is 6.48. The molecule has 1 amide bonds. The van der Waals surface area contributed by atoms with Crippen LogP contribution in [0.25, 0.3) is 22.4 Å². The number of halogens is 1. The summed E-state index contributed by atoms with van der Waals surface area (Å²) in [6, 6.07) is 17.5. The van der Waals surface area contributed by atoms with Crippen molar-refractivity contribution in [1.82, 2.24) is 20.3 Å². The van der Waals surface area contributed by atoms with E-state index < -0.39 is 5.54 Å². The number of pyridine rings is 1. The SMILES string of the molecule is CNc1ccc(-c2nc3nc(Oc4ccc(C(C)(C)NC(C)=O)cc4)[nH]c3cc2Cl)cc1. The monoisotopic (exact) mass is 449 g/mol. The third kappa shape index (κ3) is 4.53. The van der Waals surface area contributed by atoms with E-state index >= 15 is 0 Å². The Bertz CT molecular complexity index is 1260. The zero-order valence-electron chi connectivity index (χ0n) is 18.3. The number of anilines is 1. The Hall–Kier alpha value is -3.58. The zero-order chi connectivity index (χ0) is 22.9. The summed E-state index contributed by atoms with van der Waals surface area (Å²) < 4.78 is 5.88. The predicted octanol–water partition coefficient (Wildman–Crippen LogP) is 5.48. The summed E-state index contributed by atoms with van der Waals surface area (Å²) in [6.45, 7) is 5.40. The molecular formula is C24H24ClN5O2. The van der Waals surface area contributed by atoms with Gasteiger partial charge in [-0.3, -0.25) is 4.79 Å². The number of hydrogen-bond donors (Lipinski definition) is 3. The molecule has 32 heavy (non-hydrogen) atoms. The molecule has 2 aromatic heterocycles. The van der Waals surface area contributed by atoms with E-state index in [0.717, 1.165) is 16.8 Å². The molecule has 0 atom stereocenters. The summed E-state index contributed by atoms with van der Waals surface area (Å²) in [6.07, 6.45) is 0. The zero-order valence-corrected chi connectivity index (χ0v) is 19.0. The number of ether oxygens (including phenoxy) is 1. The number of nitrogens with one attached hydrogen (secondary N) is 3. The minimum absolute atomic E-state index is 0.0823. The first kappa shape index (κ1) is 21.6. The van der Waals surface area contributed by atoms with Crippen molar-refractivity contribution in [3.63, 3.8) is 0 Å². The van der Waals surface area contributed by atoms with Crippen LogP contribution < -0.4 is 15.4 Å². The molecule has 0 radical (unpaired) electrons. The highest BCUT2D eigenvalue weighted by Crippen LogP contribution is 2.31. The molecule has 0 saturated heterocycles. The number of H-pyrrole nitrogens is 1. The summed E-state index contributed by atoms with van der Waals surface area (Å²) in [5.74, 6) is 0.529. The van der Waals surface area contributed by atoms with Crippen molar-refractivity contribution in [3.05, 3.63) is 65.2 Å². The summed E-state index contributed by atoms with van der Waals surface area (Å²) in [4.78, 5) is 23.6. The first-order chi connectivity index (χ1) is 15.2. The van der Waals surface area contributed by atoms with Crippen LogP contribution in [-0.2, 0) is 10.3 Å². The number of imidazole rings is 1. The smallest absolute Gasteiger partial charge is 0.301 e. The van der Waals surface area contributed by atoms with Crippen LogP contribution >= 0.6 is 11.6 Å². The lowest BCUT2D eigenvalue weighted by atomic mass is 9.94. The van der Waals surface area contributed by atoms with Crippen LogP contribution in [0.1, 0.15) is 26.3 Å². The maximum Gasteiger partial charge on any atom is 0.301 e. The van der Waals surface area contributed by atoms with Gasteiger partial charge in [0.25, 0.3) is 0 Å². The second-order valence-electron chi connectivity index (χ2n) is 7.99. The lowest BCUT2D eigenvalue weighted by Gasteiger charge is -2.26. The van der Waals surface area contributed by atoms with E-state index in [1.807, 2.05) is 69.4 Å². The molecule has 0 aliphatic rings. The normalized spacial score (nSPS) is 11.4. The average molecular weight is 450 g/mol. The molecule has 0 saturated carbocycles. The first-order valence-corrected chi connectivity index (χ1v) is 10.5. The largest absolute Gasteiger partial charge is 0.426 e. The fourth-order valence-corrected chi connectivity index (χ4v) is 3.77. The number of fused-ring (bicyclic) bond motifs is 1. The Kier molecular flexibility index (Phi) is 5.76. The molecular weight excluding hydrogens is 426 g/mol. The Labute approximate surface area is 191 Å². The molecule has 7 nitrogen and oxygen atoms in total. The van der Waals surface area contributed by atoms with Crippen molar-refractivity contribution in [2.24, 2.45) is 0 Å². The van der Waals surface area contributed by atoms with Gasteiger partial charge in [0.2, 0.25) is 5.91 Å². The van der Waals surface area contributed by atoms with Gasteiger partial charge in [-0.1, -0.05) is 35.9 Å². The number of hydrogen-bond acceptors (Lipinski definition) is 5. The molecule has 3 N–H and O–H groups in total. The Balaban J connectivity index is 1.57. The summed E-state index contributed by atoms with van der Waals surface area (Å²) in [7, 11) is 1.87. The fourth-order valence-electron chi connectivity index (χ4n) is 3.50. The summed E-state index contributed by atoms with van der Waals surface area (Å²) in [5.41, 5.74) is 4.25. The van der Waals surface area contributed by atoms with E-state index in [4.69, 9.17) is 16.3 Å². The standard InChI is InChI=1S/C24H24ClN5O2/c1-14(31)30-24(2,3)16-7-11-18(12-8-16)32-23-27-20-13-19(25)21(28-22(20)29-23)15-5-9-17(26-4)10-6-15/h5-13,26H,1-4H3,(H,30,31)(H,27,28,29). The minimum atomic E-state index is -0.480. The topological polar surface area (TPSA) is 91.9 Å². The maximum atomic E-state index is 11.4. The van der Waals surface area contributed by atoms with Gasteiger partial charge < -0.3 is 20.4 Å².